The summed E-state index contributed by atoms with van der Waals surface area (Å²) in [5, 5.41) is 8.01. The number of nitrogens with zero attached hydrogens (tertiary/aromatic N) is 4. The van der Waals surface area contributed by atoms with E-state index in [4.69, 9.17) is 9.52 Å². The number of aryl methyl sites for hydroxylation is 1. The average Bonchev–Trinajstić information content (AvgIpc) is 3.11. The van der Waals surface area contributed by atoms with Gasteiger partial charge in [0.05, 0.1) is 12.2 Å². The Morgan fingerprint density at radius 1 is 1.25 bits per heavy atom. The van der Waals surface area contributed by atoms with Gasteiger partial charge >= 0.3 is 0 Å². The fraction of sp³-hybridized carbons (Fsp3) is 0.524. The first kappa shape index (κ1) is 20.7. The highest BCUT2D eigenvalue weighted by molar-refractivity contribution is 8.00. The van der Waals surface area contributed by atoms with Crippen LogP contribution in [0.1, 0.15) is 25.3 Å². The molecule has 3 rings (SSSR count). The van der Waals surface area contributed by atoms with E-state index in [1.165, 1.54) is 4.90 Å². The van der Waals surface area contributed by atoms with Crippen molar-refractivity contribution < 1.29 is 4.52 Å². The van der Waals surface area contributed by atoms with Gasteiger partial charge in [-0.15, -0.1) is 11.8 Å². The zero-order valence-corrected chi connectivity index (χ0v) is 17.9. The van der Waals surface area contributed by atoms with Gasteiger partial charge in [-0.25, -0.2) is 0 Å². The van der Waals surface area contributed by atoms with Crippen molar-refractivity contribution in [1.82, 2.24) is 20.3 Å². The van der Waals surface area contributed by atoms with E-state index in [1.807, 2.05) is 24.8 Å². The van der Waals surface area contributed by atoms with Gasteiger partial charge in [0.15, 0.2) is 5.96 Å². The van der Waals surface area contributed by atoms with Crippen LogP contribution in [-0.4, -0.2) is 65.4 Å². The van der Waals surface area contributed by atoms with Gasteiger partial charge in [-0.1, -0.05) is 30.3 Å². The number of guanidine groups is 1. The lowest BCUT2D eigenvalue weighted by Crippen LogP contribution is -2.52. The summed E-state index contributed by atoms with van der Waals surface area (Å²) in [7, 11) is 0. The molecule has 0 amide bonds. The van der Waals surface area contributed by atoms with E-state index in [1.54, 1.807) is 0 Å². The van der Waals surface area contributed by atoms with E-state index in [0.29, 0.717) is 5.25 Å². The molecule has 0 aliphatic carbocycles. The molecule has 6 nitrogen and oxygen atoms in total. The lowest BCUT2D eigenvalue weighted by atomic mass is 10.3. The Morgan fingerprint density at radius 2 is 2.00 bits per heavy atom. The minimum absolute atomic E-state index is 0.438. The van der Waals surface area contributed by atoms with E-state index < -0.39 is 0 Å². The molecule has 1 aromatic carbocycles. The summed E-state index contributed by atoms with van der Waals surface area (Å²) in [6.07, 6.45) is 0. The molecule has 152 valence electrons. The zero-order valence-electron chi connectivity index (χ0n) is 17.1. The van der Waals surface area contributed by atoms with Crippen LogP contribution in [0.4, 0.5) is 0 Å². The molecule has 1 aliphatic heterocycles. The summed E-state index contributed by atoms with van der Waals surface area (Å²) in [6.45, 7) is 12.8. The maximum absolute atomic E-state index is 5.18. The fourth-order valence-electron chi connectivity index (χ4n) is 3.25. The van der Waals surface area contributed by atoms with Crippen molar-refractivity contribution in [1.29, 1.82) is 0 Å². The third kappa shape index (κ3) is 6.27. The summed E-state index contributed by atoms with van der Waals surface area (Å²) in [5.41, 5.74) is 1.01. The lowest BCUT2D eigenvalue weighted by Gasteiger charge is -2.36. The van der Waals surface area contributed by atoms with E-state index >= 15 is 0 Å². The van der Waals surface area contributed by atoms with Crippen molar-refractivity contribution in [3.8, 4) is 0 Å². The number of hydrogen-bond acceptors (Lipinski definition) is 5. The second-order valence-electron chi connectivity index (χ2n) is 7.13. The van der Waals surface area contributed by atoms with Gasteiger partial charge < -0.3 is 14.7 Å². The van der Waals surface area contributed by atoms with Crippen LogP contribution >= 0.6 is 11.8 Å². The van der Waals surface area contributed by atoms with Crippen LogP contribution in [0.25, 0.3) is 0 Å². The van der Waals surface area contributed by atoms with Gasteiger partial charge in [-0.2, -0.15) is 0 Å². The summed E-state index contributed by atoms with van der Waals surface area (Å²) < 4.78 is 5.18. The minimum Gasteiger partial charge on any atom is -0.361 e. The SMILES string of the molecule is CCNC(=NCC(C)Sc1ccccc1)N1CCN(Cc2cc(C)on2)CC1. The van der Waals surface area contributed by atoms with E-state index in [0.717, 1.165) is 63.2 Å². The molecule has 1 fully saturated rings. The first-order valence-electron chi connectivity index (χ1n) is 10.0. The molecule has 0 spiro atoms. The molecule has 0 radical (unpaired) electrons. The Hall–Kier alpha value is -1.99. The van der Waals surface area contributed by atoms with Crippen molar-refractivity contribution in [2.24, 2.45) is 4.99 Å². The number of hydrogen-bond donors (Lipinski definition) is 1. The smallest absolute Gasteiger partial charge is 0.194 e. The predicted octanol–water partition coefficient (Wildman–Crippen LogP) is 3.25. The Balaban J connectivity index is 1.50. The van der Waals surface area contributed by atoms with Crippen LogP contribution < -0.4 is 5.32 Å². The van der Waals surface area contributed by atoms with Crippen LogP contribution in [0.2, 0.25) is 0 Å². The molecule has 1 aliphatic rings. The van der Waals surface area contributed by atoms with Crippen LogP contribution in [0, 0.1) is 6.92 Å². The lowest BCUT2D eigenvalue weighted by molar-refractivity contribution is 0.169. The number of aromatic nitrogens is 1. The first-order valence-corrected chi connectivity index (χ1v) is 10.9. The van der Waals surface area contributed by atoms with E-state index in [9.17, 15) is 0 Å². The van der Waals surface area contributed by atoms with Crippen molar-refractivity contribution in [3.05, 3.63) is 47.9 Å². The molecular weight excluding hydrogens is 370 g/mol. The van der Waals surface area contributed by atoms with Crippen LogP contribution in [0.15, 0.2) is 50.8 Å². The van der Waals surface area contributed by atoms with Crippen molar-refractivity contribution in [2.45, 2.75) is 37.5 Å². The minimum atomic E-state index is 0.438. The third-order valence-corrected chi connectivity index (χ3v) is 5.74. The highest BCUT2D eigenvalue weighted by atomic mass is 32.2. The first-order chi connectivity index (χ1) is 13.6. The molecule has 0 bridgehead atoms. The van der Waals surface area contributed by atoms with Crippen LogP contribution in [0.5, 0.6) is 0 Å². The maximum Gasteiger partial charge on any atom is 0.194 e. The Bertz CT molecular complexity index is 740. The standard InChI is InChI=1S/C21H31N5OS/c1-4-22-21(23-15-18(3)28-20-8-6-5-7-9-20)26-12-10-25(11-13-26)16-19-14-17(2)27-24-19/h5-9,14,18H,4,10-13,15-16H2,1-3H3,(H,22,23). The monoisotopic (exact) mass is 401 g/mol. The molecule has 28 heavy (non-hydrogen) atoms. The zero-order chi connectivity index (χ0) is 19.8. The van der Waals surface area contributed by atoms with Gasteiger partial charge in [0, 0.05) is 55.5 Å². The largest absolute Gasteiger partial charge is 0.361 e. The summed E-state index contributed by atoms with van der Waals surface area (Å²) in [6, 6.07) is 12.6. The van der Waals surface area contributed by atoms with Crippen molar-refractivity contribution in [3.63, 3.8) is 0 Å². The van der Waals surface area contributed by atoms with Crippen LogP contribution in [0.3, 0.4) is 0 Å². The number of piperazine rings is 1. The molecule has 1 atom stereocenters. The number of benzene rings is 1. The molecule has 2 heterocycles. The second kappa shape index (κ2) is 10.5. The van der Waals surface area contributed by atoms with Gasteiger partial charge in [0.2, 0.25) is 0 Å². The van der Waals surface area contributed by atoms with Crippen molar-refractivity contribution in [2.75, 3.05) is 39.3 Å². The highest BCUT2D eigenvalue weighted by Gasteiger charge is 2.20. The number of nitrogens with one attached hydrogen (secondary N) is 1. The molecule has 1 saturated heterocycles. The molecule has 1 N–H and O–H groups in total. The fourth-order valence-corrected chi connectivity index (χ4v) is 4.18. The summed E-state index contributed by atoms with van der Waals surface area (Å²) in [5.74, 6) is 1.90. The van der Waals surface area contributed by atoms with Gasteiger partial charge in [0.25, 0.3) is 0 Å². The number of thioether (sulfide) groups is 1. The second-order valence-corrected chi connectivity index (χ2v) is 8.64. The topological polar surface area (TPSA) is 56.9 Å². The van der Waals surface area contributed by atoms with Gasteiger partial charge in [-0.3, -0.25) is 9.89 Å². The Morgan fingerprint density at radius 3 is 2.64 bits per heavy atom. The summed E-state index contributed by atoms with van der Waals surface area (Å²) >= 11 is 1.88. The number of rotatable bonds is 7. The molecule has 2 aromatic rings. The van der Waals surface area contributed by atoms with Gasteiger partial charge in [0.1, 0.15) is 5.76 Å². The molecular formula is C21H31N5OS. The summed E-state index contributed by atoms with van der Waals surface area (Å²) in [4.78, 5) is 11.0. The molecule has 1 unspecified atom stereocenters. The normalized spacial score (nSPS) is 17.0. The van der Waals surface area contributed by atoms with E-state index in [2.05, 4.69) is 64.5 Å². The van der Waals surface area contributed by atoms with Crippen molar-refractivity contribution >= 4 is 17.7 Å². The number of aliphatic imine (C=N–C) groups is 1. The Kier molecular flexibility index (Phi) is 7.80. The molecule has 7 heteroatoms. The Labute approximate surface area is 172 Å². The molecule has 1 aromatic heterocycles. The van der Waals surface area contributed by atoms with Crippen LogP contribution in [-0.2, 0) is 6.54 Å². The maximum atomic E-state index is 5.18. The quantitative estimate of drug-likeness (QED) is 0.437. The third-order valence-electron chi connectivity index (χ3n) is 4.65. The highest BCUT2D eigenvalue weighted by Crippen LogP contribution is 2.22. The predicted molar refractivity (Wildman–Crippen MR) is 116 cm³/mol. The van der Waals surface area contributed by atoms with Gasteiger partial charge in [-0.05, 0) is 26.0 Å². The van der Waals surface area contributed by atoms with E-state index in [-0.39, 0.29) is 0 Å². The molecule has 0 saturated carbocycles. The average molecular weight is 402 g/mol.